The van der Waals surface area contributed by atoms with Gasteiger partial charge in [-0.15, -0.1) is 11.3 Å². The number of nitrogens with zero attached hydrogens (tertiary/aromatic N) is 8. The Kier molecular flexibility index (Phi) is 23.6. The molecule has 5 aliphatic rings. The van der Waals surface area contributed by atoms with Crippen LogP contribution in [0.5, 0.6) is 0 Å². The number of fused-ring (bicyclic) bond motifs is 3. The fourth-order valence-corrected chi connectivity index (χ4v) is 16.4. The first-order chi connectivity index (χ1) is 49.0. The Hall–Kier alpha value is -7.23. The van der Waals surface area contributed by atoms with Crippen molar-refractivity contribution < 1.29 is 18.8 Å². The highest BCUT2D eigenvalue weighted by Crippen LogP contribution is 2.42. The predicted octanol–water partition coefficient (Wildman–Crippen LogP) is 21.0. The zero-order valence-electron chi connectivity index (χ0n) is 55.2. The van der Waals surface area contributed by atoms with E-state index in [9.17, 15) is 14.4 Å². The molecule has 2 saturated heterocycles. The number of hydrazine groups is 2. The van der Waals surface area contributed by atoms with Crippen LogP contribution in [-0.2, 0) is 19.3 Å². The third-order valence-corrected chi connectivity index (χ3v) is 21.7. The van der Waals surface area contributed by atoms with E-state index in [0.29, 0.717) is 64.3 Å². The molecule has 0 unspecified atom stereocenters. The van der Waals surface area contributed by atoms with Gasteiger partial charge in [-0.25, -0.2) is 24.1 Å². The highest BCUT2D eigenvalue weighted by Gasteiger charge is 2.34. The number of nitrogens with one attached hydrogen (secondary N) is 3. The summed E-state index contributed by atoms with van der Waals surface area (Å²) in [7, 11) is 0. The van der Waals surface area contributed by atoms with Crippen LogP contribution in [0.15, 0.2) is 149 Å². The molecule has 5 aromatic heterocycles. The van der Waals surface area contributed by atoms with Crippen molar-refractivity contribution in [1.29, 1.82) is 0 Å². The lowest BCUT2D eigenvalue weighted by molar-refractivity contribution is 0.0736. The van der Waals surface area contributed by atoms with Crippen LogP contribution in [0.4, 0.5) is 0 Å². The van der Waals surface area contributed by atoms with E-state index in [1.807, 2.05) is 100 Å². The van der Waals surface area contributed by atoms with E-state index in [0.717, 1.165) is 191 Å². The highest BCUT2D eigenvalue weighted by molar-refractivity contribution is 9.10. The summed E-state index contributed by atoms with van der Waals surface area (Å²) < 4.78 is 12.4. The Bertz CT molecular complexity index is 4780. The summed E-state index contributed by atoms with van der Waals surface area (Å²) in [5.74, 6) is -0.537. The molecular formula is C77H71BrCl7N11O4S. The molecule has 0 spiro atoms. The van der Waals surface area contributed by atoms with Gasteiger partial charge in [-0.05, 0) is 221 Å². The van der Waals surface area contributed by atoms with Crippen molar-refractivity contribution in [3.05, 3.63) is 251 Å². The van der Waals surface area contributed by atoms with E-state index in [1.165, 1.54) is 24.2 Å². The number of furan rings is 1. The summed E-state index contributed by atoms with van der Waals surface area (Å²) in [4.78, 5) is 41.2. The van der Waals surface area contributed by atoms with Crippen LogP contribution in [0, 0.1) is 0 Å². The van der Waals surface area contributed by atoms with Gasteiger partial charge >= 0.3 is 0 Å². The molecule has 3 N–H and O–H groups in total. The minimum atomic E-state index is -0.207. The maximum Gasteiger partial charge on any atom is 0.286 e. The van der Waals surface area contributed by atoms with Gasteiger partial charge in [0.25, 0.3) is 17.7 Å². The SMILES string of the molecule is C[C@@H](NC(=O)c1nn(-c2ccc(Cl)cc2Cl)c2c1CCC/C2=C\c1ccc(Cl)s1)c1ccccc1.O=C(NN1CCCCC1)c1nn(-c2ccc(Cl)cc2Cl)c2c1CCC/C2=C\c1ccc(Br)cc1.O=C(NN1CCCCC1)c1nn(-c2ccc(Cl)cc2Cl)c2c1CCC/C2=C\c1ccoc1. The Morgan fingerprint density at radius 3 is 1.34 bits per heavy atom. The Morgan fingerprint density at radius 2 is 0.921 bits per heavy atom. The predicted molar refractivity (Wildman–Crippen MR) is 413 cm³/mol. The molecule has 101 heavy (non-hydrogen) atoms. The maximum atomic E-state index is 13.5. The molecule has 0 bridgehead atoms. The van der Waals surface area contributed by atoms with Gasteiger partial charge in [-0.3, -0.25) is 25.2 Å². The summed E-state index contributed by atoms with van der Waals surface area (Å²) >= 11 is 49.4. The summed E-state index contributed by atoms with van der Waals surface area (Å²) in [5.41, 5.74) is 21.6. The second-order valence-corrected chi connectivity index (χ2v) is 30.6. The van der Waals surface area contributed by atoms with Crippen LogP contribution in [0.1, 0.15) is 177 Å². The van der Waals surface area contributed by atoms with Crippen LogP contribution < -0.4 is 16.2 Å². The number of piperidine rings is 2. The smallest absolute Gasteiger partial charge is 0.286 e. The minimum Gasteiger partial charge on any atom is -0.472 e. The highest BCUT2D eigenvalue weighted by atomic mass is 79.9. The Balaban J connectivity index is 0.000000136. The summed E-state index contributed by atoms with van der Waals surface area (Å²) in [6.07, 6.45) is 24.3. The van der Waals surface area contributed by atoms with E-state index in [4.69, 9.17) is 101 Å². The van der Waals surface area contributed by atoms with E-state index in [2.05, 4.69) is 62.5 Å². The number of aromatic nitrogens is 6. The number of benzene rings is 5. The molecule has 7 heterocycles. The van der Waals surface area contributed by atoms with E-state index >= 15 is 0 Å². The second-order valence-electron chi connectivity index (χ2n) is 25.5. The van der Waals surface area contributed by atoms with Crippen LogP contribution >= 0.6 is 108 Å². The third-order valence-electron chi connectivity index (χ3n) is 18.4. The van der Waals surface area contributed by atoms with Crippen molar-refractivity contribution in [3.63, 3.8) is 0 Å². The van der Waals surface area contributed by atoms with Gasteiger partial charge in [0, 0.05) is 72.9 Å². The minimum absolute atomic E-state index is 0.157. The van der Waals surface area contributed by atoms with Gasteiger partial charge in [0.15, 0.2) is 17.1 Å². The number of halogens is 8. The number of hydrogen-bond donors (Lipinski definition) is 3. The Labute approximate surface area is 634 Å². The average Bonchev–Trinajstić information content (AvgIpc) is 1.63. The van der Waals surface area contributed by atoms with E-state index < -0.39 is 0 Å². The van der Waals surface area contributed by atoms with Crippen LogP contribution in [0.3, 0.4) is 0 Å². The summed E-state index contributed by atoms with van der Waals surface area (Å²) in [5, 5.41) is 24.6. The molecule has 3 amide bonds. The zero-order valence-corrected chi connectivity index (χ0v) is 62.9. The molecule has 15 rings (SSSR count). The summed E-state index contributed by atoms with van der Waals surface area (Å²) in [6, 6.07) is 39.7. The lowest BCUT2D eigenvalue weighted by Crippen LogP contribution is -2.45. The molecular weight excluding hydrogens is 1500 g/mol. The van der Waals surface area contributed by atoms with Gasteiger partial charge < -0.3 is 9.73 Å². The Morgan fingerprint density at radius 1 is 0.485 bits per heavy atom. The van der Waals surface area contributed by atoms with Gasteiger partial charge in [-0.2, -0.15) is 15.3 Å². The quantitative estimate of drug-likeness (QED) is 0.102. The molecule has 520 valence electrons. The molecule has 3 aliphatic carbocycles. The second kappa shape index (κ2) is 33.0. The monoisotopic (exact) mass is 1570 g/mol. The number of amides is 3. The van der Waals surface area contributed by atoms with Gasteiger partial charge in [0.05, 0.1) is 72.1 Å². The first-order valence-corrected chi connectivity index (χ1v) is 38.1. The lowest BCUT2D eigenvalue weighted by atomic mass is 9.89. The molecule has 0 saturated carbocycles. The normalized spacial score (nSPS) is 16.9. The molecule has 10 aromatic rings. The number of carbonyl (C=O) groups is 3. The molecule has 5 aromatic carbocycles. The molecule has 2 aliphatic heterocycles. The fourth-order valence-electron chi connectivity index (χ4n) is 13.6. The van der Waals surface area contributed by atoms with Crippen molar-refractivity contribution in [3.8, 4) is 17.1 Å². The van der Waals surface area contributed by atoms with Gasteiger partial charge in [0.2, 0.25) is 0 Å². The lowest BCUT2D eigenvalue weighted by Gasteiger charge is -2.26. The average molecular weight is 1570 g/mol. The summed E-state index contributed by atoms with van der Waals surface area (Å²) in [6.45, 7) is 5.43. The molecule has 15 nitrogen and oxygen atoms in total. The van der Waals surface area contributed by atoms with Crippen molar-refractivity contribution in [1.82, 2.24) is 55.5 Å². The van der Waals surface area contributed by atoms with Crippen molar-refractivity contribution >= 4 is 161 Å². The third kappa shape index (κ3) is 17.0. The van der Waals surface area contributed by atoms with Gasteiger partial charge in [0.1, 0.15) is 0 Å². The van der Waals surface area contributed by atoms with Crippen LogP contribution in [0.25, 0.3) is 52.0 Å². The van der Waals surface area contributed by atoms with E-state index in [1.54, 1.807) is 58.3 Å². The van der Waals surface area contributed by atoms with Gasteiger partial charge in [-0.1, -0.05) is 152 Å². The number of hydrogen-bond acceptors (Lipinski definition) is 10. The molecule has 24 heteroatoms. The van der Waals surface area contributed by atoms with Crippen molar-refractivity contribution in [2.24, 2.45) is 0 Å². The fraction of sp³-hybridized carbons (Fsp3) is 0.273. The number of allylic oxidation sites excluding steroid dienone is 3. The van der Waals surface area contributed by atoms with Crippen LogP contribution in [0.2, 0.25) is 34.5 Å². The van der Waals surface area contributed by atoms with Crippen molar-refractivity contribution in [2.75, 3.05) is 26.2 Å². The standard InChI is InChI=1S/C27H22Cl3N3OS.C26H25BrCl2N4O.C24H24Cl2N4O2/c1-16(17-6-3-2-4-7-17)31-27(34)25-21-9-5-8-18(14-20-11-13-24(30)35-20)26(21)33(32-25)23-12-10-19(28)15-22(23)29;27-19-9-7-17(8-10-19)15-18-5-4-6-21-24(26(34)31-32-13-2-1-3-14-32)30-33(25(18)21)23-12-11-20(28)16-22(23)29;25-18-7-8-21(20(26)14-18)30-23-17(13-16-9-12-32-15-16)5-4-6-19(23)22(27-30)24(31)28-29-10-2-1-3-11-29/h2-4,6-7,10-16H,5,8-9H2,1H3,(H,31,34);7-12,15-16H,1-6,13-14H2,(H,31,34);7-9,12-15H,1-6,10-11H2,(H,28,31)/b18-14+;18-15+;17-13+/t16-;;/m1../s1. The first kappa shape index (κ1) is 72.1. The molecule has 2 fully saturated rings. The first-order valence-electron chi connectivity index (χ1n) is 33.9. The van der Waals surface area contributed by atoms with E-state index in [-0.39, 0.29) is 23.8 Å². The number of thiophene rings is 1. The molecule has 0 radical (unpaired) electrons. The van der Waals surface area contributed by atoms with Crippen LogP contribution in [-0.4, -0.2) is 83.3 Å². The molecule has 1 atom stereocenters. The zero-order chi connectivity index (χ0) is 70.3. The number of carbonyl (C=O) groups excluding carboxylic acids is 3. The largest absolute Gasteiger partial charge is 0.472 e. The topological polar surface area (TPSA) is 160 Å². The maximum absolute atomic E-state index is 13.5. The number of rotatable bonds is 13. The van der Waals surface area contributed by atoms with Crippen molar-refractivity contribution in [2.45, 2.75) is 109 Å².